The Kier molecular flexibility index (Phi) is 3.44. The molecule has 4 aliphatic rings. The third-order valence-corrected chi connectivity index (χ3v) is 6.46. The van der Waals surface area contributed by atoms with Crippen molar-refractivity contribution in [2.24, 2.45) is 0 Å². The highest BCUT2D eigenvalue weighted by Gasteiger charge is 2.41. The van der Waals surface area contributed by atoms with Gasteiger partial charge >= 0.3 is 0 Å². The van der Waals surface area contributed by atoms with Crippen LogP contribution in [0.5, 0.6) is 0 Å². The van der Waals surface area contributed by atoms with Gasteiger partial charge in [-0.3, -0.25) is 0 Å². The molecule has 2 radical (unpaired) electrons. The third-order valence-electron chi connectivity index (χ3n) is 6.46. The van der Waals surface area contributed by atoms with Crippen molar-refractivity contribution in [2.45, 2.75) is 99.3 Å². The molecule has 0 spiro atoms. The zero-order chi connectivity index (χ0) is 13.5. The minimum Gasteiger partial charge on any atom is -0.106 e. The van der Waals surface area contributed by atoms with Crippen LogP contribution in [-0.4, -0.2) is 14.6 Å². The molecule has 104 valence electrons. The van der Waals surface area contributed by atoms with Crippen LogP contribution in [0.3, 0.4) is 0 Å². The fourth-order valence-electron chi connectivity index (χ4n) is 5.41. The molecular weight excluding hydrogens is 238 g/mol. The summed E-state index contributed by atoms with van der Waals surface area (Å²) in [5.74, 6) is 9.47. The largest absolute Gasteiger partial charge is 0.138 e. The lowest BCUT2D eigenvalue weighted by Crippen LogP contribution is -2.34. The van der Waals surface area contributed by atoms with E-state index in [1.165, 1.54) is 77.0 Å². The SMILES string of the molecule is [B]1C2CCCC1(C#CC13[B]C(CCC1)CCC3)CCC2. The van der Waals surface area contributed by atoms with Crippen molar-refractivity contribution >= 4 is 14.6 Å². The molecule has 0 nitrogen and oxygen atoms in total. The fourth-order valence-corrected chi connectivity index (χ4v) is 5.41. The molecule has 20 heavy (non-hydrogen) atoms. The smallest absolute Gasteiger partial charge is 0.106 e. The van der Waals surface area contributed by atoms with E-state index in [4.69, 9.17) is 0 Å². The van der Waals surface area contributed by atoms with Crippen molar-refractivity contribution in [3.8, 4) is 11.8 Å². The van der Waals surface area contributed by atoms with Gasteiger partial charge in [0.1, 0.15) is 14.6 Å². The van der Waals surface area contributed by atoms with Gasteiger partial charge in [-0.2, -0.15) is 0 Å². The summed E-state index contributed by atoms with van der Waals surface area (Å²) in [5.41, 5.74) is 0. The lowest BCUT2D eigenvalue weighted by molar-refractivity contribution is 0.397. The van der Waals surface area contributed by atoms with Gasteiger partial charge in [0.05, 0.1) is 0 Å². The molecule has 4 bridgehead atoms. The van der Waals surface area contributed by atoms with Crippen LogP contribution >= 0.6 is 0 Å². The van der Waals surface area contributed by atoms with Crippen LogP contribution in [0.15, 0.2) is 0 Å². The van der Waals surface area contributed by atoms with Crippen molar-refractivity contribution in [1.82, 2.24) is 0 Å². The van der Waals surface area contributed by atoms with E-state index < -0.39 is 0 Å². The highest BCUT2D eigenvalue weighted by atomic mass is 14.3. The zero-order valence-electron chi connectivity index (χ0n) is 12.8. The Hall–Kier alpha value is -0.310. The van der Waals surface area contributed by atoms with E-state index in [0.717, 1.165) is 11.6 Å². The van der Waals surface area contributed by atoms with E-state index >= 15 is 0 Å². The maximum Gasteiger partial charge on any atom is 0.138 e. The van der Waals surface area contributed by atoms with Gasteiger partial charge in [0.15, 0.2) is 0 Å². The molecular formula is C18H26B2. The average molecular weight is 264 g/mol. The monoisotopic (exact) mass is 264 g/mol. The van der Waals surface area contributed by atoms with Gasteiger partial charge < -0.3 is 0 Å². The Morgan fingerprint density at radius 3 is 1.30 bits per heavy atom. The molecule has 4 heterocycles. The van der Waals surface area contributed by atoms with Crippen molar-refractivity contribution < 1.29 is 0 Å². The summed E-state index contributed by atoms with van der Waals surface area (Å²) in [6.45, 7) is 0. The summed E-state index contributed by atoms with van der Waals surface area (Å²) in [5, 5.41) is 0.627. The van der Waals surface area contributed by atoms with Gasteiger partial charge in [0.2, 0.25) is 0 Å². The highest BCUT2D eigenvalue weighted by Crippen LogP contribution is 2.54. The highest BCUT2D eigenvalue weighted by molar-refractivity contribution is 6.45. The van der Waals surface area contributed by atoms with Crippen LogP contribution in [0.25, 0.3) is 0 Å². The summed E-state index contributed by atoms with van der Waals surface area (Å²) in [4.78, 5) is 0. The van der Waals surface area contributed by atoms with Crippen LogP contribution in [0.1, 0.15) is 77.0 Å². The summed E-state index contributed by atoms with van der Waals surface area (Å²) < 4.78 is 0. The minimum absolute atomic E-state index is 0.314. The Morgan fingerprint density at radius 2 is 0.950 bits per heavy atom. The van der Waals surface area contributed by atoms with Crippen LogP contribution in [0, 0.1) is 11.8 Å². The van der Waals surface area contributed by atoms with Gasteiger partial charge in [0, 0.05) is 10.6 Å². The Morgan fingerprint density at radius 1 is 0.600 bits per heavy atom. The van der Waals surface area contributed by atoms with Crippen LogP contribution in [0.4, 0.5) is 0 Å². The quantitative estimate of drug-likeness (QED) is 0.425. The maximum absolute atomic E-state index is 3.85. The molecule has 4 fully saturated rings. The second-order valence-electron chi connectivity index (χ2n) is 7.98. The van der Waals surface area contributed by atoms with E-state index in [2.05, 4.69) is 26.4 Å². The molecule has 4 rings (SSSR count). The van der Waals surface area contributed by atoms with Gasteiger partial charge in [-0.05, 0) is 25.7 Å². The second-order valence-corrected chi connectivity index (χ2v) is 7.98. The summed E-state index contributed by atoms with van der Waals surface area (Å²) in [6.07, 6.45) is 16.8. The first kappa shape index (κ1) is 13.4. The number of hydrogen-bond donors (Lipinski definition) is 0. The molecule has 4 saturated heterocycles. The van der Waals surface area contributed by atoms with Crippen molar-refractivity contribution in [3.05, 3.63) is 0 Å². The maximum atomic E-state index is 3.85. The molecule has 0 amide bonds. The molecule has 0 aromatic heterocycles. The lowest BCUT2D eigenvalue weighted by Gasteiger charge is -2.43. The minimum atomic E-state index is 0.314. The summed E-state index contributed by atoms with van der Waals surface area (Å²) >= 11 is 0. The fraction of sp³-hybridized carbons (Fsp3) is 0.889. The molecule has 0 N–H and O–H groups in total. The second kappa shape index (κ2) is 5.15. The van der Waals surface area contributed by atoms with E-state index in [0.29, 0.717) is 10.6 Å². The molecule has 0 atom stereocenters. The van der Waals surface area contributed by atoms with E-state index in [9.17, 15) is 0 Å². The van der Waals surface area contributed by atoms with Gasteiger partial charge in [-0.1, -0.05) is 63.0 Å². The molecule has 0 aromatic rings. The molecule has 0 saturated carbocycles. The Bertz CT molecular complexity index is 372. The number of rotatable bonds is 0. The summed E-state index contributed by atoms with van der Waals surface area (Å²) in [6, 6.07) is 0. The molecule has 4 aliphatic heterocycles. The van der Waals surface area contributed by atoms with E-state index in [1.54, 1.807) is 0 Å². The molecule has 0 aliphatic carbocycles. The van der Waals surface area contributed by atoms with Gasteiger partial charge in [-0.25, -0.2) is 0 Å². The first-order valence-corrected chi connectivity index (χ1v) is 9.04. The standard InChI is InChI=1S/C18H26B2/c1-5-15-6-2-10-17(9-1,19-15)13-14-18-11-3-7-16(20-18)8-4-12-18/h15-16H,1-12H2. The number of fused-ring (bicyclic) bond motifs is 4. The van der Waals surface area contributed by atoms with Crippen molar-refractivity contribution in [2.75, 3.05) is 0 Å². The average Bonchev–Trinajstić information content (AvgIpc) is 2.46. The molecule has 2 heteroatoms. The van der Waals surface area contributed by atoms with Gasteiger partial charge in [-0.15, -0.1) is 11.8 Å². The first-order valence-electron chi connectivity index (χ1n) is 9.04. The normalized spacial score (nSPS) is 46.4. The predicted molar refractivity (Wildman–Crippen MR) is 87.6 cm³/mol. The van der Waals surface area contributed by atoms with E-state index in [-0.39, 0.29) is 0 Å². The zero-order valence-corrected chi connectivity index (χ0v) is 12.8. The molecule has 0 aromatic carbocycles. The van der Waals surface area contributed by atoms with Crippen LogP contribution < -0.4 is 0 Å². The molecule has 0 unspecified atom stereocenters. The van der Waals surface area contributed by atoms with Crippen LogP contribution in [0.2, 0.25) is 22.3 Å². The Labute approximate surface area is 126 Å². The lowest BCUT2D eigenvalue weighted by atomic mass is 9.34. The van der Waals surface area contributed by atoms with E-state index in [1.807, 2.05) is 0 Å². The Balaban J connectivity index is 1.55. The van der Waals surface area contributed by atoms with Crippen LogP contribution in [-0.2, 0) is 0 Å². The van der Waals surface area contributed by atoms with Crippen molar-refractivity contribution in [1.29, 1.82) is 0 Å². The number of hydrogen-bond acceptors (Lipinski definition) is 0. The topological polar surface area (TPSA) is 0 Å². The summed E-state index contributed by atoms with van der Waals surface area (Å²) in [7, 11) is 5.32. The third kappa shape index (κ3) is 2.47. The van der Waals surface area contributed by atoms with Crippen molar-refractivity contribution in [3.63, 3.8) is 0 Å². The first-order chi connectivity index (χ1) is 9.78. The predicted octanol–water partition coefficient (Wildman–Crippen LogP) is 5.03. The van der Waals surface area contributed by atoms with Gasteiger partial charge in [0.25, 0.3) is 0 Å².